The average Bonchev–Trinajstić information content (AvgIpc) is 2.44. The zero-order chi connectivity index (χ0) is 5.28. The molecule has 1 aliphatic carbocycles. The van der Waals surface area contributed by atoms with Crippen LogP contribution in [0.4, 0.5) is 4.39 Å². The second-order valence-electron chi connectivity index (χ2n) is 1.92. The van der Waals surface area contributed by atoms with Crippen LogP contribution < -0.4 is 0 Å². The van der Waals surface area contributed by atoms with Gasteiger partial charge in [-0.2, -0.15) is 0 Å². The Morgan fingerprint density at radius 1 is 1.71 bits per heavy atom. The van der Waals surface area contributed by atoms with Crippen molar-refractivity contribution in [3.63, 3.8) is 0 Å². The summed E-state index contributed by atoms with van der Waals surface area (Å²) in [6, 6.07) is 0. The van der Waals surface area contributed by atoms with Crippen LogP contribution in [0.1, 0.15) is 12.8 Å². The molecule has 7 heavy (non-hydrogen) atoms. The lowest BCUT2D eigenvalue weighted by molar-refractivity contribution is 0.414. The number of halogens is 1. The maximum atomic E-state index is 12.3. The molecule has 0 bridgehead atoms. The molecular weight excluding hydrogens is 111 g/mol. The maximum absolute atomic E-state index is 12.3. The second kappa shape index (κ2) is 2.03. The summed E-state index contributed by atoms with van der Waals surface area (Å²) in [6.45, 7) is 0. The van der Waals surface area contributed by atoms with E-state index in [-0.39, 0.29) is 0 Å². The zero-order valence-corrected chi connectivity index (χ0v) is 5.17. The van der Waals surface area contributed by atoms with Crippen molar-refractivity contribution in [2.45, 2.75) is 18.3 Å². The Morgan fingerprint density at radius 2 is 2.29 bits per heavy atom. The Bertz CT molecular complexity index is 61.1. The molecule has 0 nitrogen and oxygen atoms in total. The van der Waals surface area contributed by atoms with E-state index >= 15 is 0 Å². The molecule has 0 aromatic heterocycles. The van der Waals surface area contributed by atoms with Crippen LogP contribution in [0.3, 0.4) is 0 Å². The Hall–Kier alpha value is 0.280. The molecule has 1 unspecified atom stereocenters. The van der Waals surface area contributed by atoms with Gasteiger partial charge in [0.15, 0.2) is 0 Å². The van der Waals surface area contributed by atoms with Gasteiger partial charge in [0.1, 0.15) is 5.50 Å². The molecule has 0 heterocycles. The first-order valence-corrected chi connectivity index (χ1v) is 3.80. The first-order valence-electron chi connectivity index (χ1n) is 2.51. The van der Waals surface area contributed by atoms with Crippen molar-refractivity contribution in [3.05, 3.63) is 0 Å². The molecule has 0 amide bonds. The normalized spacial score (nSPS) is 24.9. The van der Waals surface area contributed by atoms with Crippen molar-refractivity contribution < 1.29 is 4.39 Å². The van der Waals surface area contributed by atoms with Gasteiger partial charge in [0.05, 0.1) is 0 Å². The lowest BCUT2D eigenvalue weighted by Crippen LogP contribution is -1.92. The fraction of sp³-hybridized carbons (Fsp3) is 1.00. The summed E-state index contributed by atoms with van der Waals surface area (Å²) in [4.78, 5) is 0. The van der Waals surface area contributed by atoms with Gasteiger partial charge in [-0.1, -0.05) is 0 Å². The van der Waals surface area contributed by atoms with E-state index in [9.17, 15) is 4.39 Å². The molecule has 1 fully saturated rings. The van der Waals surface area contributed by atoms with Gasteiger partial charge < -0.3 is 0 Å². The van der Waals surface area contributed by atoms with Crippen LogP contribution in [0.2, 0.25) is 0 Å². The van der Waals surface area contributed by atoms with Crippen LogP contribution in [-0.2, 0) is 0 Å². The molecule has 2 heteroatoms. The quantitative estimate of drug-likeness (QED) is 0.537. The summed E-state index contributed by atoms with van der Waals surface area (Å²) in [5, 5.41) is 0. The highest BCUT2D eigenvalue weighted by Crippen LogP contribution is 2.38. The molecular formula is C5H9FS. The number of thioether (sulfide) groups is 1. The third-order valence-electron chi connectivity index (χ3n) is 1.22. The fourth-order valence-corrected chi connectivity index (χ4v) is 1.21. The van der Waals surface area contributed by atoms with Crippen LogP contribution >= 0.6 is 11.8 Å². The van der Waals surface area contributed by atoms with Crippen molar-refractivity contribution in [3.8, 4) is 0 Å². The summed E-state index contributed by atoms with van der Waals surface area (Å²) in [6.07, 6.45) is 4.05. The summed E-state index contributed by atoms with van der Waals surface area (Å²) in [5.74, 6) is 0.412. The molecule has 0 spiro atoms. The summed E-state index contributed by atoms with van der Waals surface area (Å²) < 4.78 is 12.3. The molecule has 1 aliphatic rings. The molecule has 42 valence electrons. The van der Waals surface area contributed by atoms with E-state index in [0.29, 0.717) is 5.92 Å². The smallest absolute Gasteiger partial charge is 0.148 e. The minimum atomic E-state index is -0.569. The van der Waals surface area contributed by atoms with Gasteiger partial charge in [0.2, 0.25) is 0 Å². The Balaban J connectivity index is 2.10. The van der Waals surface area contributed by atoms with Crippen molar-refractivity contribution in [2.75, 3.05) is 6.26 Å². The van der Waals surface area contributed by atoms with E-state index in [0.717, 1.165) is 12.8 Å². The molecule has 1 rings (SSSR count). The largest absolute Gasteiger partial charge is 0.235 e. The van der Waals surface area contributed by atoms with Crippen LogP contribution in [0.25, 0.3) is 0 Å². The molecule has 0 aromatic rings. The van der Waals surface area contributed by atoms with E-state index in [1.165, 1.54) is 11.8 Å². The molecule has 0 aromatic carbocycles. The highest BCUT2D eigenvalue weighted by molar-refractivity contribution is 7.99. The van der Waals surface area contributed by atoms with E-state index in [1.807, 2.05) is 6.26 Å². The van der Waals surface area contributed by atoms with Gasteiger partial charge in [-0.3, -0.25) is 0 Å². The average molecular weight is 120 g/mol. The third kappa shape index (κ3) is 1.34. The van der Waals surface area contributed by atoms with E-state index in [4.69, 9.17) is 0 Å². The SMILES string of the molecule is CSC(F)C1CC1. The molecule has 0 radical (unpaired) electrons. The first kappa shape index (κ1) is 5.42. The van der Waals surface area contributed by atoms with Crippen LogP contribution in [-0.4, -0.2) is 11.8 Å². The predicted octanol–water partition coefficient (Wildman–Crippen LogP) is 2.05. The second-order valence-corrected chi connectivity index (χ2v) is 2.85. The van der Waals surface area contributed by atoms with Crippen LogP contribution in [0.15, 0.2) is 0 Å². The molecule has 1 saturated carbocycles. The number of hydrogen-bond acceptors (Lipinski definition) is 1. The molecule has 0 aliphatic heterocycles. The Kier molecular flexibility index (Phi) is 1.57. The van der Waals surface area contributed by atoms with Crippen LogP contribution in [0.5, 0.6) is 0 Å². The number of hydrogen-bond donors (Lipinski definition) is 0. The number of alkyl halides is 1. The Labute approximate surface area is 47.5 Å². The highest BCUT2D eigenvalue weighted by atomic mass is 32.2. The van der Waals surface area contributed by atoms with Gasteiger partial charge in [0, 0.05) is 0 Å². The lowest BCUT2D eigenvalue weighted by Gasteiger charge is -1.96. The Morgan fingerprint density at radius 3 is 2.43 bits per heavy atom. The summed E-state index contributed by atoms with van der Waals surface area (Å²) >= 11 is 1.33. The van der Waals surface area contributed by atoms with Gasteiger partial charge in [-0.05, 0) is 25.0 Å². The van der Waals surface area contributed by atoms with Crippen LogP contribution in [0, 0.1) is 5.92 Å². The molecule has 0 saturated heterocycles. The molecule has 0 N–H and O–H groups in total. The van der Waals surface area contributed by atoms with E-state index in [1.54, 1.807) is 0 Å². The van der Waals surface area contributed by atoms with E-state index in [2.05, 4.69) is 0 Å². The van der Waals surface area contributed by atoms with Crippen molar-refractivity contribution >= 4 is 11.8 Å². The third-order valence-corrected chi connectivity index (χ3v) is 2.05. The lowest BCUT2D eigenvalue weighted by atomic mass is 10.5. The van der Waals surface area contributed by atoms with E-state index < -0.39 is 5.50 Å². The fourth-order valence-electron chi connectivity index (χ4n) is 0.551. The summed E-state index contributed by atoms with van der Waals surface area (Å²) in [7, 11) is 0. The maximum Gasteiger partial charge on any atom is 0.148 e. The van der Waals surface area contributed by atoms with Gasteiger partial charge in [-0.25, -0.2) is 4.39 Å². The van der Waals surface area contributed by atoms with Gasteiger partial charge in [-0.15, -0.1) is 11.8 Å². The van der Waals surface area contributed by atoms with Crippen molar-refractivity contribution in [1.82, 2.24) is 0 Å². The van der Waals surface area contributed by atoms with Gasteiger partial charge >= 0.3 is 0 Å². The van der Waals surface area contributed by atoms with Crippen molar-refractivity contribution in [2.24, 2.45) is 5.92 Å². The van der Waals surface area contributed by atoms with Crippen molar-refractivity contribution in [1.29, 1.82) is 0 Å². The summed E-state index contributed by atoms with van der Waals surface area (Å²) in [5.41, 5.74) is -0.569. The topological polar surface area (TPSA) is 0 Å². The first-order chi connectivity index (χ1) is 3.34. The predicted molar refractivity (Wildman–Crippen MR) is 31.1 cm³/mol. The number of rotatable bonds is 2. The minimum absolute atomic E-state index is 0.412. The minimum Gasteiger partial charge on any atom is -0.235 e. The highest BCUT2D eigenvalue weighted by Gasteiger charge is 2.30. The molecule has 1 atom stereocenters. The standard InChI is InChI=1S/C5H9FS/c1-7-5(6)4-2-3-4/h4-5H,2-3H2,1H3. The monoisotopic (exact) mass is 120 g/mol. The van der Waals surface area contributed by atoms with Gasteiger partial charge in [0.25, 0.3) is 0 Å². The zero-order valence-electron chi connectivity index (χ0n) is 4.36.